The standard InChI is InChI=1S/C23H24F6N4O4/c1-13-30-12-17(33-20(34)32-14-6-8-15(9-7-14)37-23(27,28)29)19(31-13)36-18-5-3-2-4-16(18)21(10-11-35-21)22(24,25)26/h2-9,13,17,19,30-31H,10-12H2,1H3,(H2,32,33,34). The molecular weight excluding hydrogens is 510 g/mol. The van der Waals surface area contributed by atoms with E-state index in [4.69, 9.17) is 9.47 Å². The molecule has 0 bridgehead atoms. The van der Waals surface area contributed by atoms with Gasteiger partial charge < -0.3 is 24.8 Å². The number of nitrogens with one attached hydrogen (secondary N) is 4. The minimum atomic E-state index is -4.84. The van der Waals surface area contributed by atoms with Crippen LogP contribution in [0.1, 0.15) is 18.9 Å². The maximum Gasteiger partial charge on any atom is 0.573 e. The van der Waals surface area contributed by atoms with Gasteiger partial charge in [0, 0.05) is 24.2 Å². The molecule has 0 spiro atoms. The monoisotopic (exact) mass is 534 g/mol. The lowest BCUT2D eigenvalue weighted by atomic mass is 9.85. The largest absolute Gasteiger partial charge is 0.573 e. The fraction of sp³-hybridized carbons (Fsp3) is 0.435. The van der Waals surface area contributed by atoms with Gasteiger partial charge in [-0.2, -0.15) is 13.2 Å². The Morgan fingerprint density at radius 2 is 1.76 bits per heavy atom. The maximum absolute atomic E-state index is 13.9. The van der Waals surface area contributed by atoms with E-state index in [1.54, 1.807) is 6.92 Å². The number of halogens is 6. The van der Waals surface area contributed by atoms with Gasteiger partial charge in [0.1, 0.15) is 11.5 Å². The molecule has 37 heavy (non-hydrogen) atoms. The molecule has 2 aliphatic rings. The Labute approximate surface area is 207 Å². The number of benzene rings is 2. The van der Waals surface area contributed by atoms with E-state index in [1.807, 2.05) is 0 Å². The highest BCUT2D eigenvalue weighted by molar-refractivity contribution is 5.89. The average molecular weight is 534 g/mol. The lowest BCUT2D eigenvalue weighted by Gasteiger charge is -2.44. The van der Waals surface area contributed by atoms with E-state index in [2.05, 4.69) is 26.0 Å². The van der Waals surface area contributed by atoms with Gasteiger partial charge in [0.15, 0.2) is 11.8 Å². The molecule has 0 aromatic heterocycles. The summed E-state index contributed by atoms with van der Waals surface area (Å²) in [6.07, 6.45) is -10.9. The molecule has 2 fully saturated rings. The van der Waals surface area contributed by atoms with Crippen molar-refractivity contribution < 1.29 is 45.3 Å². The molecular formula is C23H24F6N4O4. The lowest BCUT2D eigenvalue weighted by molar-refractivity contribution is -0.334. The molecule has 0 aliphatic carbocycles. The molecule has 14 heteroatoms. The Hall–Kier alpha value is -3.23. The minimum absolute atomic E-state index is 0.0376. The predicted octanol–water partition coefficient (Wildman–Crippen LogP) is 4.20. The summed E-state index contributed by atoms with van der Waals surface area (Å²) in [6.45, 7) is 1.95. The second-order valence-corrected chi connectivity index (χ2v) is 8.53. The summed E-state index contributed by atoms with van der Waals surface area (Å²) in [5, 5.41) is 11.3. The highest BCUT2D eigenvalue weighted by atomic mass is 19.4. The number of anilines is 1. The zero-order valence-corrected chi connectivity index (χ0v) is 19.4. The molecule has 202 valence electrons. The van der Waals surface area contributed by atoms with Crippen LogP contribution in [0.25, 0.3) is 0 Å². The highest BCUT2D eigenvalue weighted by Gasteiger charge is 2.62. The normalized spacial score (nSPS) is 26.1. The summed E-state index contributed by atoms with van der Waals surface area (Å²) in [5.74, 6) is -0.495. The van der Waals surface area contributed by atoms with Gasteiger partial charge in [-0.1, -0.05) is 18.2 Å². The molecule has 2 saturated heterocycles. The SMILES string of the molecule is CC1NCC(NC(=O)Nc2ccc(OC(F)(F)F)cc2)C(Oc2ccccc2C2(C(F)(F)F)CCO2)N1. The molecule has 4 unspecified atom stereocenters. The number of rotatable bonds is 6. The molecule has 2 aliphatic heterocycles. The van der Waals surface area contributed by atoms with Gasteiger partial charge in [0.05, 0.1) is 18.8 Å². The fourth-order valence-electron chi connectivity index (χ4n) is 4.09. The van der Waals surface area contributed by atoms with Crippen molar-refractivity contribution in [3.63, 3.8) is 0 Å². The molecule has 2 aromatic rings. The summed E-state index contributed by atoms with van der Waals surface area (Å²) >= 11 is 0. The number of amides is 2. The topological polar surface area (TPSA) is 92.9 Å². The van der Waals surface area contributed by atoms with Crippen molar-refractivity contribution in [2.75, 3.05) is 18.5 Å². The number of ether oxygens (including phenoxy) is 3. The molecule has 4 N–H and O–H groups in total. The quantitative estimate of drug-likeness (QED) is 0.416. The fourth-order valence-corrected chi connectivity index (χ4v) is 4.09. The van der Waals surface area contributed by atoms with E-state index in [0.717, 1.165) is 12.1 Å². The van der Waals surface area contributed by atoms with Crippen molar-refractivity contribution in [2.24, 2.45) is 0 Å². The summed E-state index contributed by atoms with van der Waals surface area (Å²) in [7, 11) is 0. The Kier molecular flexibility index (Phi) is 7.44. The number of carbonyl (C=O) groups is 1. The zero-order valence-electron chi connectivity index (χ0n) is 19.4. The van der Waals surface area contributed by atoms with Crippen LogP contribution in [0.5, 0.6) is 11.5 Å². The molecule has 2 amide bonds. The molecule has 2 aromatic carbocycles. The molecule has 8 nitrogen and oxygen atoms in total. The summed E-state index contributed by atoms with van der Waals surface area (Å²) in [4.78, 5) is 12.6. The van der Waals surface area contributed by atoms with Crippen LogP contribution in [-0.2, 0) is 10.3 Å². The number of hydrogen-bond donors (Lipinski definition) is 4. The van der Waals surface area contributed by atoms with E-state index in [0.29, 0.717) is 0 Å². The van der Waals surface area contributed by atoms with Gasteiger partial charge in [-0.15, -0.1) is 13.2 Å². The first-order valence-corrected chi connectivity index (χ1v) is 11.3. The third-order valence-corrected chi connectivity index (χ3v) is 5.92. The molecule has 2 heterocycles. The number of para-hydroxylation sites is 1. The van der Waals surface area contributed by atoms with Gasteiger partial charge in [0.2, 0.25) is 0 Å². The molecule has 0 saturated carbocycles. The second kappa shape index (κ2) is 10.3. The number of carbonyl (C=O) groups excluding carboxylic acids is 1. The Morgan fingerprint density at radius 1 is 1.08 bits per heavy atom. The first-order chi connectivity index (χ1) is 17.4. The van der Waals surface area contributed by atoms with Crippen LogP contribution in [0.15, 0.2) is 48.5 Å². The summed E-state index contributed by atoms with van der Waals surface area (Å²) in [6, 6.07) is 8.78. The molecule has 4 rings (SSSR count). The molecule has 4 atom stereocenters. The van der Waals surface area contributed by atoms with Crippen molar-refractivity contribution in [2.45, 2.75) is 49.9 Å². The number of urea groups is 1. The average Bonchev–Trinajstić information content (AvgIpc) is 2.75. The van der Waals surface area contributed by atoms with Crippen LogP contribution in [0, 0.1) is 0 Å². The van der Waals surface area contributed by atoms with Crippen molar-refractivity contribution in [1.82, 2.24) is 16.0 Å². The summed E-state index contributed by atoms with van der Waals surface area (Å²) < 4.78 is 93.4. The highest BCUT2D eigenvalue weighted by Crippen LogP contribution is 2.52. The van der Waals surface area contributed by atoms with E-state index < -0.39 is 42.2 Å². The number of hydrogen-bond acceptors (Lipinski definition) is 6. The van der Waals surface area contributed by atoms with Crippen molar-refractivity contribution in [3.8, 4) is 11.5 Å². The van der Waals surface area contributed by atoms with Crippen LogP contribution in [0.3, 0.4) is 0 Å². The Bertz CT molecular complexity index is 1090. The van der Waals surface area contributed by atoms with E-state index >= 15 is 0 Å². The zero-order chi connectivity index (χ0) is 26.8. The Morgan fingerprint density at radius 3 is 2.35 bits per heavy atom. The van der Waals surface area contributed by atoms with Crippen molar-refractivity contribution in [3.05, 3.63) is 54.1 Å². The smallest absolute Gasteiger partial charge is 0.473 e. The first-order valence-electron chi connectivity index (χ1n) is 11.3. The van der Waals surface area contributed by atoms with Crippen LogP contribution in [0.4, 0.5) is 36.8 Å². The van der Waals surface area contributed by atoms with Gasteiger partial charge in [-0.25, -0.2) is 4.79 Å². The third kappa shape index (κ3) is 6.19. The van der Waals surface area contributed by atoms with Gasteiger partial charge in [-0.05, 0) is 37.3 Å². The van der Waals surface area contributed by atoms with Gasteiger partial charge in [-0.3, -0.25) is 10.6 Å². The van der Waals surface area contributed by atoms with E-state index in [9.17, 15) is 31.1 Å². The lowest BCUT2D eigenvalue weighted by Crippen LogP contribution is -2.67. The van der Waals surface area contributed by atoms with E-state index in [1.165, 1.54) is 36.4 Å². The third-order valence-electron chi connectivity index (χ3n) is 5.92. The minimum Gasteiger partial charge on any atom is -0.473 e. The second-order valence-electron chi connectivity index (χ2n) is 8.53. The Balaban J connectivity index is 1.45. The van der Waals surface area contributed by atoms with Crippen molar-refractivity contribution >= 4 is 11.7 Å². The van der Waals surface area contributed by atoms with Crippen LogP contribution in [0.2, 0.25) is 0 Å². The predicted molar refractivity (Wildman–Crippen MR) is 119 cm³/mol. The van der Waals surface area contributed by atoms with Crippen molar-refractivity contribution in [1.29, 1.82) is 0 Å². The molecule has 0 radical (unpaired) electrons. The summed E-state index contributed by atoms with van der Waals surface area (Å²) in [5.41, 5.74) is -2.44. The number of alkyl halides is 6. The maximum atomic E-state index is 13.9. The van der Waals surface area contributed by atoms with E-state index in [-0.39, 0.29) is 42.7 Å². The van der Waals surface area contributed by atoms with Crippen LogP contribution >= 0.6 is 0 Å². The first kappa shape index (κ1) is 26.8. The van der Waals surface area contributed by atoms with Gasteiger partial charge in [0.25, 0.3) is 0 Å². The van der Waals surface area contributed by atoms with Crippen LogP contribution < -0.4 is 30.7 Å². The van der Waals surface area contributed by atoms with Gasteiger partial charge >= 0.3 is 18.6 Å². The van der Waals surface area contributed by atoms with Crippen LogP contribution in [-0.4, -0.2) is 50.2 Å².